The maximum atomic E-state index is 13.2. The first-order valence-corrected chi connectivity index (χ1v) is 9.60. The fourth-order valence-electron chi connectivity index (χ4n) is 3.25. The summed E-state index contributed by atoms with van der Waals surface area (Å²) in [5.41, 5.74) is 1.36. The molecule has 1 fully saturated rings. The average Bonchev–Trinajstić information content (AvgIpc) is 3.35. The quantitative estimate of drug-likeness (QED) is 0.701. The summed E-state index contributed by atoms with van der Waals surface area (Å²) in [5, 5.41) is 10.9. The van der Waals surface area contributed by atoms with E-state index in [0.717, 1.165) is 12.0 Å². The topological polar surface area (TPSA) is 81.0 Å². The fraction of sp³-hybridized carbons (Fsp3) is 0.235. The number of rotatable bonds is 4. The first-order valence-electron chi connectivity index (χ1n) is 8.16. The highest BCUT2D eigenvalue weighted by Gasteiger charge is 2.36. The van der Waals surface area contributed by atoms with Crippen LogP contribution in [-0.2, 0) is 10.0 Å². The number of nitrogens with zero attached hydrogens (tertiary/aromatic N) is 5. The second kappa shape index (κ2) is 6.58. The van der Waals surface area contributed by atoms with Gasteiger partial charge < -0.3 is 0 Å². The van der Waals surface area contributed by atoms with Gasteiger partial charge in [0.05, 0.1) is 16.6 Å². The Kier molecular flexibility index (Phi) is 4.25. The Bertz CT molecular complexity index is 1010. The van der Waals surface area contributed by atoms with E-state index in [1.54, 1.807) is 36.4 Å². The summed E-state index contributed by atoms with van der Waals surface area (Å²) in [5.74, 6) is -0.338. The number of hydrogen-bond donors (Lipinski definition) is 0. The molecule has 0 bridgehead atoms. The number of sulfonamides is 1. The lowest BCUT2D eigenvalue weighted by Gasteiger charge is -2.24. The molecule has 0 spiro atoms. The van der Waals surface area contributed by atoms with E-state index in [1.165, 1.54) is 27.4 Å². The minimum absolute atomic E-state index is 0.180. The largest absolute Gasteiger partial charge is 0.243 e. The van der Waals surface area contributed by atoms with Crippen LogP contribution in [0, 0.1) is 5.82 Å². The van der Waals surface area contributed by atoms with Crippen molar-refractivity contribution in [3.8, 4) is 5.69 Å². The van der Waals surface area contributed by atoms with Crippen LogP contribution in [0.3, 0.4) is 0 Å². The van der Waals surface area contributed by atoms with Gasteiger partial charge in [0.1, 0.15) is 12.1 Å². The third kappa shape index (κ3) is 2.99. The average molecular weight is 373 g/mol. The zero-order valence-corrected chi connectivity index (χ0v) is 14.6. The van der Waals surface area contributed by atoms with E-state index in [1.807, 2.05) is 0 Å². The lowest BCUT2D eigenvalue weighted by molar-refractivity contribution is 0.396. The van der Waals surface area contributed by atoms with Crippen molar-refractivity contribution in [1.82, 2.24) is 24.5 Å². The minimum Gasteiger partial charge on any atom is -0.207 e. The van der Waals surface area contributed by atoms with Gasteiger partial charge in [-0.05, 0) is 59.2 Å². The van der Waals surface area contributed by atoms with Gasteiger partial charge in [-0.25, -0.2) is 17.5 Å². The second-order valence-electron chi connectivity index (χ2n) is 6.08. The molecule has 26 heavy (non-hydrogen) atoms. The molecule has 1 unspecified atom stereocenters. The lowest BCUT2D eigenvalue weighted by Crippen LogP contribution is -2.30. The van der Waals surface area contributed by atoms with Crippen LogP contribution in [0.25, 0.3) is 5.69 Å². The summed E-state index contributed by atoms with van der Waals surface area (Å²) in [4.78, 5) is 0.180. The minimum atomic E-state index is -3.70. The van der Waals surface area contributed by atoms with Crippen LogP contribution in [0.2, 0.25) is 0 Å². The first kappa shape index (κ1) is 16.8. The molecule has 2 aromatic carbocycles. The molecule has 0 aliphatic carbocycles. The second-order valence-corrected chi connectivity index (χ2v) is 7.97. The molecule has 4 rings (SSSR count). The van der Waals surface area contributed by atoms with Gasteiger partial charge in [-0.1, -0.05) is 18.2 Å². The maximum absolute atomic E-state index is 13.2. The van der Waals surface area contributed by atoms with Crippen molar-refractivity contribution in [2.24, 2.45) is 0 Å². The van der Waals surface area contributed by atoms with Crippen molar-refractivity contribution in [2.45, 2.75) is 23.8 Å². The monoisotopic (exact) mass is 373 g/mol. The highest BCUT2D eigenvalue weighted by molar-refractivity contribution is 7.89. The molecule has 0 radical (unpaired) electrons. The summed E-state index contributed by atoms with van der Waals surface area (Å²) in [6.45, 7) is 0.430. The maximum Gasteiger partial charge on any atom is 0.243 e. The normalized spacial score (nSPS) is 18.3. The molecule has 0 saturated carbocycles. The van der Waals surface area contributed by atoms with Crippen molar-refractivity contribution in [1.29, 1.82) is 0 Å². The number of benzene rings is 2. The van der Waals surface area contributed by atoms with E-state index in [2.05, 4.69) is 15.5 Å². The number of hydrogen-bond acceptors (Lipinski definition) is 5. The Morgan fingerprint density at radius 3 is 2.65 bits per heavy atom. The Morgan fingerprint density at radius 2 is 1.92 bits per heavy atom. The predicted octanol–water partition coefficient (Wildman–Crippen LogP) is 2.33. The number of aromatic nitrogens is 4. The fourth-order valence-corrected chi connectivity index (χ4v) is 4.97. The van der Waals surface area contributed by atoms with Crippen LogP contribution in [-0.4, -0.2) is 39.5 Å². The Morgan fingerprint density at radius 1 is 1.12 bits per heavy atom. The summed E-state index contributed by atoms with van der Waals surface area (Å²) in [6.07, 6.45) is 2.87. The summed E-state index contributed by atoms with van der Waals surface area (Å²) < 4.78 is 42.5. The molecule has 2 heterocycles. The highest BCUT2D eigenvalue weighted by Crippen LogP contribution is 2.36. The molecule has 3 aromatic rings. The molecule has 1 aliphatic rings. The van der Waals surface area contributed by atoms with Gasteiger partial charge in [0, 0.05) is 6.54 Å². The molecular weight excluding hydrogens is 357 g/mol. The van der Waals surface area contributed by atoms with E-state index in [4.69, 9.17) is 0 Å². The zero-order valence-electron chi connectivity index (χ0n) is 13.7. The van der Waals surface area contributed by atoms with E-state index in [0.29, 0.717) is 18.7 Å². The van der Waals surface area contributed by atoms with Crippen LogP contribution >= 0.6 is 0 Å². The molecule has 0 amide bonds. The smallest absolute Gasteiger partial charge is 0.207 e. The molecule has 9 heteroatoms. The van der Waals surface area contributed by atoms with E-state index in [-0.39, 0.29) is 16.8 Å². The van der Waals surface area contributed by atoms with Gasteiger partial charge in [0.2, 0.25) is 10.0 Å². The van der Waals surface area contributed by atoms with Crippen molar-refractivity contribution in [3.05, 3.63) is 66.2 Å². The third-order valence-electron chi connectivity index (χ3n) is 4.50. The molecule has 0 N–H and O–H groups in total. The van der Waals surface area contributed by atoms with Gasteiger partial charge in [0.25, 0.3) is 0 Å². The van der Waals surface area contributed by atoms with E-state index in [9.17, 15) is 12.8 Å². The van der Waals surface area contributed by atoms with Gasteiger partial charge in [-0.3, -0.25) is 0 Å². The molecule has 1 saturated heterocycles. The van der Waals surface area contributed by atoms with Crippen molar-refractivity contribution >= 4 is 10.0 Å². The Labute approximate surface area is 150 Å². The third-order valence-corrected chi connectivity index (χ3v) is 6.40. The van der Waals surface area contributed by atoms with Gasteiger partial charge in [-0.15, -0.1) is 5.10 Å². The van der Waals surface area contributed by atoms with Gasteiger partial charge in [0.15, 0.2) is 0 Å². The zero-order chi connectivity index (χ0) is 18.1. The van der Waals surface area contributed by atoms with Crippen LogP contribution in [0.4, 0.5) is 4.39 Å². The van der Waals surface area contributed by atoms with Crippen LogP contribution < -0.4 is 0 Å². The van der Waals surface area contributed by atoms with Gasteiger partial charge >= 0.3 is 0 Å². The number of halogens is 1. The Hall–Kier alpha value is -2.65. The standard InChI is InChI=1S/C17H16FN5O2S/c18-14-8-6-13(7-9-14)17-5-2-10-23(17)26(24,25)16-4-1-3-15(11-16)22-12-19-20-21-22/h1,3-4,6-9,11-12,17H,2,5,10H2. The highest BCUT2D eigenvalue weighted by atomic mass is 32.2. The van der Waals surface area contributed by atoms with E-state index >= 15 is 0 Å². The van der Waals surface area contributed by atoms with Crippen LogP contribution in [0.1, 0.15) is 24.4 Å². The summed E-state index contributed by atoms with van der Waals surface area (Å²) in [7, 11) is -3.70. The molecular formula is C17H16FN5O2S. The predicted molar refractivity (Wildman–Crippen MR) is 91.4 cm³/mol. The molecule has 1 aliphatic heterocycles. The SMILES string of the molecule is O=S(=O)(c1cccc(-n2cnnn2)c1)N1CCCC1c1ccc(F)cc1. The Balaban J connectivity index is 1.69. The van der Waals surface area contributed by atoms with Crippen LogP contribution in [0.15, 0.2) is 59.8 Å². The molecule has 1 aromatic heterocycles. The van der Waals surface area contributed by atoms with E-state index < -0.39 is 10.0 Å². The summed E-state index contributed by atoms with van der Waals surface area (Å²) in [6, 6.07) is 12.2. The lowest BCUT2D eigenvalue weighted by atomic mass is 10.1. The molecule has 7 nitrogen and oxygen atoms in total. The molecule has 134 valence electrons. The number of tetrazole rings is 1. The van der Waals surface area contributed by atoms with Crippen molar-refractivity contribution in [2.75, 3.05) is 6.54 Å². The molecule has 1 atom stereocenters. The van der Waals surface area contributed by atoms with Crippen molar-refractivity contribution < 1.29 is 12.8 Å². The summed E-state index contributed by atoms with van der Waals surface area (Å²) >= 11 is 0. The first-order chi connectivity index (χ1) is 12.6. The van der Waals surface area contributed by atoms with Crippen LogP contribution in [0.5, 0.6) is 0 Å². The van der Waals surface area contributed by atoms with Crippen molar-refractivity contribution in [3.63, 3.8) is 0 Å². The van der Waals surface area contributed by atoms with Gasteiger partial charge in [-0.2, -0.15) is 4.31 Å².